The predicted molar refractivity (Wildman–Crippen MR) is 55.1 cm³/mol. The van der Waals surface area contributed by atoms with Gasteiger partial charge in [-0.2, -0.15) is 0 Å². The highest BCUT2D eigenvalue weighted by atomic mass is 16.5. The monoisotopic (exact) mass is 203 g/mol. The highest BCUT2D eigenvalue weighted by Gasteiger charge is 1.99. The first-order chi connectivity index (χ1) is 6.81. The van der Waals surface area contributed by atoms with Gasteiger partial charge in [0.05, 0.1) is 13.2 Å². The molecule has 0 spiro atoms. The van der Waals surface area contributed by atoms with E-state index in [1.807, 2.05) is 6.92 Å². The Balaban J connectivity index is 3.01. The molecule has 0 heterocycles. The molecule has 0 aromatic carbocycles. The highest BCUT2D eigenvalue weighted by Crippen LogP contribution is 2.00. The van der Waals surface area contributed by atoms with E-state index >= 15 is 0 Å². The summed E-state index contributed by atoms with van der Waals surface area (Å²) in [6, 6.07) is 0. The normalized spacial score (nSPS) is 10.1. The Kier molecular flexibility index (Phi) is 10.0. The van der Waals surface area contributed by atoms with Crippen LogP contribution in [0.2, 0.25) is 0 Å². The van der Waals surface area contributed by atoms with Crippen LogP contribution in [0.4, 0.5) is 0 Å². The third-order valence-electron chi connectivity index (χ3n) is 1.83. The quantitative estimate of drug-likeness (QED) is 0.427. The van der Waals surface area contributed by atoms with Crippen LogP contribution in [-0.4, -0.2) is 37.4 Å². The van der Waals surface area contributed by atoms with Crippen LogP contribution in [0.25, 0.3) is 0 Å². The number of hydrogen-bond acceptors (Lipinski definition) is 4. The van der Waals surface area contributed by atoms with Crippen LogP contribution in [0.15, 0.2) is 0 Å². The summed E-state index contributed by atoms with van der Waals surface area (Å²) in [4.78, 5) is 10.9. The van der Waals surface area contributed by atoms with Crippen molar-refractivity contribution in [2.75, 3.05) is 26.3 Å². The minimum Gasteiger partial charge on any atom is -0.466 e. The summed E-state index contributed by atoms with van der Waals surface area (Å²) in [6.07, 6.45) is 3.48. The van der Waals surface area contributed by atoms with Gasteiger partial charge in [-0.15, -0.1) is 0 Å². The first kappa shape index (κ1) is 13.4. The van der Waals surface area contributed by atoms with Crippen LogP contribution >= 0.6 is 0 Å². The minimum absolute atomic E-state index is 0.101. The molecular weight excluding hydrogens is 182 g/mol. The summed E-state index contributed by atoms with van der Waals surface area (Å²) >= 11 is 0. The first-order valence-electron chi connectivity index (χ1n) is 5.28. The average Bonchev–Trinajstić information content (AvgIpc) is 2.17. The van der Waals surface area contributed by atoms with Gasteiger partial charge in [-0.25, -0.2) is 0 Å². The molecule has 2 N–H and O–H groups in total. The topological polar surface area (TPSA) is 58.6 Å². The van der Waals surface area contributed by atoms with Gasteiger partial charge in [-0.05, 0) is 26.3 Å². The third-order valence-corrected chi connectivity index (χ3v) is 1.83. The zero-order chi connectivity index (χ0) is 10.6. The number of aliphatic hydroxyl groups is 1. The number of carbonyl (C=O) groups excluding carboxylic acids is 1. The summed E-state index contributed by atoms with van der Waals surface area (Å²) < 4.78 is 4.80. The molecule has 0 aliphatic carbocycles. The van der Waals surface area contributed by atoms with Crippen molar-refractivity contribution in [1.29, 1.82) is 0 Å². The number of nitrogens with one attached hydrogen (secondary N) is 1. The van der Waals surface area contributed by atoms with Crippen molar-refractivity contribution < 1.29 is 14.6 Å². The van der Waals surface area contributed by atoms with Crippen molar-refractivity contribution in [2.24, 2.45) is 0 Å². The summed E-state index contributed by atoms with van der Waals surface area (Å²) in [7, 11) is 0. The summed E-state index contributed by atoms with van der Waals surface area (Å²) in [5.74, 6) is -0.101. The number of hydrogen-bond donors (Lipinski definition) is 2. The molecule has 4 nitrogen and oxygen atoms in total. The average molecular weight is 203 g/mol. The lowest BCUT2D eigenvalue weighted by Gasteiger charge is -2.03. The molecular formula is C10H21NO3. The fraction of sp³-hybridized carbons (Fsp3) is 0.900. The molecule has 0 aliphatic rings. The lowest BCUT2D eigenvalue weighted by Crippen LogP contribution is -2.19. The van der Waals surface area contributed by atoms with Gasteiger partial charge >= 0.3 is 5.97 Å². The van der Waals surface area contributed by atoms with Gasteiger partial charge in [-0.1, -0.05) is 6.42 Å². The van der Waals surface area contributed by atoms with E-state index in [2.05, 4.69) is 5.32 Å². The highest BCUT2D eigenvalue weighted by molar-refractivity contribution is 5.69. The molecule has 0 fully saturated rings. The summed E-state index contributed by atoms with van der Waals surface area (Å²) in [5.41, 5.74) is 0. The second-order valence-electron chi connectivity index (χ2n) is 3.09. The van der Waals surface area contributed by atoms with Crippen molar-refractivity contribution in [3.63, 3.8) is 0 Å². The second-order valence-corrected chi connectivity index (χ2v) is 3.09. The van der Waals surface area contributed by atoms with E-state index in [1.54, 1.807) is 0 Å². The number of unbranched alkanes of at least 4 members (excludes halogenated alkanes) is 2. The molecule has 0 aromatic rings. The van der Waals surface area contributed by atoms with Gasteiger partial charge < -0.3 is 15.2 Å². The SMILES string of the molecule is CCOC(=O)CCCCCNCCO. The molecule has 0 aromatic heterocycles. The molecule has 0 unspecified atom stereocenters. The molecule has 0 atom stereocenters. The summed E-state index contributed by atoms with van der Waals surface area (Å²) in [5, 5.41) is 11.6. The standard InChI is InChI=1S/C10H21NO3/c1-2-14-10(13)6-4-3-5-7-11-8-9-12/h11-12H,2-9H2,1H3. The zero-order valence-electron chi connectivity index (χ0n) is 8.92. The lowest BCUT2D eigenvalue weighted by molar-refractivity contribution is -0.143. The van der Waals surface area contributed by atoms with Gasteiger partial charge in [0.15, 0.2) is 0 Å². The maximum absolute atomic E-state index is 10.9. The Morgan fingerprint density at radius 3 is 2.71 bits per heavy atom. The first-order valence-corrected chi connectivity index (χ1v) is 5.28. The second kappa shape index (κ2) is 10.5. The van der Waals surface area contributed by atoms with Crippen molar-refractivity contribution in [1.82, 2.24) is 5.32 Å². The fourth-order valence-electron chi connectivity index (χ4n) is 1.13. The fourth-order valence-corrected chi connectivity index (χ4v) is 1.13. The van der Waals surface area contributed by atoms with Crippen LogP contribution < -0.4 is 5.32 Å². The Bertz CT molecular complexity index is 139. The lowest BCUT2D eigenvalue weighted by atomic mass is 10.2. The number of rotatable bonds is 9. The minimum atomic E-state index is -0.101. The van der Waals surface area contributed by atoms with Crippen LogP contribution in [0.3, 0.4) is 0 Å². The van der Waals surface area contributed by atoms with E-state index in [-0.39, 0.29) is 12.6 Å². The van der Waals surface area contributed by atoms with E-state index in [9.17, 15) is 4.79 Å². The van der Waals surface area contributed by atoms with Crippen LogP contribution in [0.5, 0.6) is 0 Å². The molecule has 14 heavy (non-hydrogen) atoms. The van der Waals surface area contributed by atoms with Crippen LogP contribution in [-0.2, 0) is 9.53 Å². The number of aliphatic hydroxyl groups excluding tert-OH is 1. The van der Waals surface area contributed by atoms with Crippen LogP contribution in [0.1, 0.15) is 32.6 Å². The van der Waals surface area contributed by atoms with Crippen molar-refractivity contribution in [2.45, 2.75) is 32.6 Å². The van der Waals surface area contributed by atoms with Gasteiger partial charge in [0.1, 0.15) is 0 Å². The third kappa shape index (κ3) is 9.48. The van der Waals surface area contributed by atoms with Crippen molar-refractivity contribution in [3.05, 3.63) is 0 Å². The zero-order valence-corrected chi connectivity index (χ0v) is 8.92. The number of ether oxygens (including phenoxy) is 1. The van der Waals surface area contributed by atoms with E-state index in [1.165, 1.54) is 0 Å². The van der Waals surface area contributed by atoms with Gasteiger partial charge in [0.25, 0.3) is 0 Å². The van der Waals surface area contributed by atoms with E-state index in [0.29, 0.717) is 19.6 Å². The number of esters is 1. The Morgan fingerprint density at radius 2 is 2.07 bits per heavy atom. The Labute approximate surface area is 85.6 Å². The van der Waals surface area contributed by atoms with Gasteiger partial charge in [0, 0.05) is 13.0 Å². The van der Waals surface area contributed by atoms with Crippen molar-refractivity contribution >= 4 is 5.97 Å². The molecule has 0 radical (unpaired) electrons. The van der Waals surface area contributed by atoms with Gasteiger partial charge in [0.2, 0.25) is 0 Å². The van der Waals surface area contributed by atoms with E-state index in [0.717, 1.165) is 25.8 Å². The van der Waals surface area contributed by atoms with Gasteiger partial charge in [-0.3, -0.25) is 4.79 Å². The maximum Gasteiger partial charge on any atom is 0.305 e. The molecule has 0 amide bonds. The van der Waals surface area contributed by atoms with Crippen molar-refractivity contribution in [3.8, 4) is 0 Å². The van der Waals surface area contributed by atoms with E-state index in [4.69, 9.17) is 9.84 Å². The number of carbonyl (C=O) groups is 1. The molecule has 0 saturated carbocycles. The predicted octanol–water partition coefficient (Wildman–Crippen LogP) is 0.692. The largest absolute Gasteiger partial charge is 0.466 e. The molecule has 84 valence electrons. The molecule has 4 heteroatoms. The van der Waals surface area contributed by atoms with Crippen LogP contribution in [0, 0.1) is 0 Å². The molecule has 0 bridgehead atoms. The Hall–Kier alpha value is -0.610. The Morgan fingerprint density at radius 1 is 1.29 bits per heavy atom. The molecule has 0 aliphatic heterocycles. The smallest absolute Gasteiger partial charge is 0.305 e. The summed E-state index contributed by atoms with van der Waals surface area (Å²) in [6.45, 7) is 4.03. The molecule has 0 rings (SSSR count). The maximum atomic E-state index is 10.9. The molecule has 0 saturated heterocycles. The van der Waals surface area contributed by atoms with E-state index < -0.39 is 0 Å².